The summed E-state index contributed by atoms with van der Waals surface area (Å²) in [6.07, 6.45) is 4.55. The van der Waals surface area contributed by atoms with Crippen molar-refractivity contribution in [2.45, 2.75) is 26.3 Å². The lowest BCUT2D eigenvalue weighted by molar-refractivity contribution is 0.319. The predicted octanol–water partition coefficient (Wildman–Crippen LogP) is 3.29. The van der Waals surface area contributed by atoms with Gasteiger partial charge in [0.1, 0.15) is 5.75 Å². The van der Waals surface area contributed by atoms with Crippen LogP contribution in [0.15, 0.2) is 42.7 Å². The number of rotatable bonds is 6. The SMILES string of the molecule is CNC(C)c1ccc(OCCc2cccnc2)c(C)c1. The van der Waals surface area contributed by atoms with Crippen molar-refractivity contribution in [3.63, 3.8) is 0 Å². The fraction of sp³-hybridized carbons (Fsp3) is 0.353. The Hall–Kier alpha value is -1.87. The second kappa shape index (κ2) is 7.06. The second-order valence-electron chi connectivity index (χ2n) is 5.00. The molecule has 0 radical (unpaired) electrons. The summed E-state index contributed by atoms with van der Waals surface area (Å²) in [6, 6.07) is 10.7. The van der Waals surface area contributed by atoms with Gasteiger partial charge in [-0.1, -0.05) is 18.2 Å². The summed E-state index contributed by atoms with van der Waals surface area (Å²) in [5.74, 6) is 0.959. The summed E-state index contributed by atoms with van der Waals surface area (Å²) in [4.78, 5) is 4.11. The van der Waals surface area contributed by atoms with Crippen molar-refractivity contribution >= 4 is 0 Å². The highest BCUT2D eigenvalue weighted by Crippen LogP contribution is 2.22. The zero-order valence-corrected chi connectivity index (χ0v) is 12.4. The van der Waals surface area contributed by atoms with Gasteiger partial charge in [-0.3, -0.25) is 4.98 Å². The van der Waals surface area contributed by atoms with Gasteiger partial charge in [0, 0.05) is 24.9 Å². The van der Waals surface area contributed by atoms with E-state index in [1.807, 2.05) is 19.3 Å². The molecule has 0 aliphatic rings. The number of nitrogens with zero attached hydrogens (tertiary/aromatic N) is 1. The molecule has 1 aromatic heterocycles. The Morgan fingerprint density at radius 3 is 2.80 bits per heavy atom. The molecule has 1 atom stereocenters. The lowest BCUT2D eigenvalue weighted by Crippen LogP contribution is -2.12. The first kappa shape index (κ1) is 14.5. The van der Waals surface area contributed by atoms with Gasteiger partial charge in [0.05, 0.1) is 6.61 Å². The molecular formula is C17H22N2O. The van der Waals surface area contributed by atoms with Crippen LogP contribution in [0.5, 0.6) is 5.75 Å². The summed E-state index contributed by atoms with van der Waals surface area (Å²) < 4.78 is 5.86. The molecule has 1 N–H and O–H groups in total. The average molecular weight is 270 g/mol. The van der Waals surface area contributed by atoms with Crippen molar-refractivity contribution in [2.75, 3.05) is 13.7 Å². The summed E-state index contributed by atoms with van der Waals surface area (Å²) in [5.41, 5.74) is 3.66. The molecule has 20 heavy (non-hydrogen) atoms. The molecule has 0 aliphatic heterocycles. The third kappa shape index (κ3) is 3.81. The lowest BCUT2D eigenvalue weighted by Gasteiger charge is -2.14. The third-order valence-corrected chi connectivity index (χ3v) is 3.50. The van der Waals surface area contributed by atoms with Gasteiger partial charge in [-0.25, -0.2) is 0 Å². The average Bonchev–Trinajstić information content (AvgIpc) is 2.49. The van der Waals surface area contributed by atoms with Crippen molar-refractivity contribution in [1.29, 1.82) is 0 Å². The number of aromatic nitrogens is 1. The van der Waals surface area contributed by atoms with Gasteiger partial charge in [0.25, 0.3) is 0 Å². The van der Waals surface area contributed by atoms with Gasteiger partial charge in [-0.05, 0) is 49.7 Å². The van der Waals surface area contributed by atoms with Crippen LogP contribution in [0.25, 0.3) is 0 Å². The summed E-state index contributed by atoms with van der Waals surface area (Å²) in [5, 5.41) is 3.24. The number of aryl methyl sites for hydroxylation is 1. The minimum atomic E-state index is 0.359. The standard InChI is InChI=1S/C17H22N2O/c1-13-11-16(14(2)18-3)6-7-17(13)20-10-8-15-5-4-9-19-12-15/h4-7,9,11-12,14,18H,8,10H2,1-3H3. The van der Waals surface area contributed by atoms with E-state index in [4.69, 9.17) is 4.74 Å². The van der Waals surface area contributed by atoms with Crippen LogP contribution >= 0.6 is 0 Å². The van der Waals surface area contributed by atoms with E-state index >= 15 is 0 Å². The highest BCUT2D eigenvalue weighted by molar-refractivity contribution is 5.37. The zero-order valence-electron chi connectivity index (χ0n) is 12.4. The van der Waals surface area contributed by atoms with E-state index in [9.17, 15) is 0 Å². The molecule has 0 aliphatic carbocycles. The highest BCUT2D eigenvalue weighted by Gasteiger charge is 2.06. The number of ether oxygens (including phenoxy) is 1. The Morgan fingerprint density at radius 2 is 2.15 bits per heavy atom. The van der Waals surface area contributed by atoms with Crippen molar-refractivity contribution in [3.8, 4) is 5.75 Å². The van der Waals surface area contributed by atoms with E-state index in [1.54, 1.807) is 6.20 Å². The molecule has 0 saturated carbocycles. The maximum Gasteiger partial charge on any atom is 0.122 e. The third-order valence-electron chi connectivity index (χ3n) is 3.50. The molecule has 106 valence electrons. The van der Waals surface area contributed by atoms with Crippen LogP contribution < -0.4 is 10.1 Å². The quantitative estimate of drug-likeness (QED) is 0.874. The molecule has 3 nitrogen and oxygen atoms in total. The van der Waals surface area contributed by atoms with Crippen molar-refractivity contribution in [1.82, 2.24) is 10.3 Å². The Balaban J connectivity index is 1.93. The normalized spacial score (nSPS) is 12.2. The number of nitrogens with one attached hydrogen (secondary N) is 1. The lowest BCUT2D eigenvalue weighted by atomic mass is 10.1. The molecule has 0 bridgehead atoms. The van der Waals surface area contributed by atoms with E-state index in [0.717, 1.165) is 12.2 Å². The van der Waals surface area contributed by atoms with Crippen molar-refractivity contribution in [3.05, 3.63) is 59.4 Å². The fourth-order valence-corrected chi connectivity index (χ4v) is 2.10. The first-order valence-electron chi connectivity index (χ1n) is 7.00. The molecule has 2 aromatic rings. The molecular weight excluding hydrogens is 248 g/mol. The van der Waals surface area contributed by atoms with E-state index < -0.39 is 0 Å². The van der Waals surface area contributed by atoms with E-state index in [-0.39, 0.29) is 0 Å². The van der Waals surface area contributed by atoms with Crippen molar-refractivity contribution < 1.29 is 4.74 Å². The van der Waals surface area contributed by atoms with Crippen LogP contribution in [0.2, 0.25) is 0 Å². The van der Waals surface area contributed by atoms with Gasteiger partial charge >= 0.3 is 0 Å². The molecule has 0 fully saturated rings. The Kier molecular flexibility index (Phi) is 5.13. The second-order valence-corrected chi connectivity index (χ2v) is 5.00. The maximum atomic E-state index is 5.86. The summed E-state index contributed by atoms with van der Waals surface area (Å²) in [7, 11) is 1.97. The Labute approximate surface area is 121 Å². The molecule has 0 saturated heterocycles. The first-order chi connectivity index (χ1) is 9.70. The number of benzene rings is 1. The van der Waals surface area contributed by atoms with Gasteiger partial charge in [-0.15, -0.1) is 0 Å². The molecule has 1 aromatic carbocycles. The molecule has 1 unspecified atom stereocenters. The zero-order chi connectivity index (χ0) is 14.4. The van der Waals surface area contributed by atoms with Crippen LogP contribution in [-0.4, -0.2) is 18.6 Å². The Bertz CT molecular complexity index is 540. The minimum absolute atomic E-state index is 0.359. The molecule has 3 heteroatoms. The van der Waals surface area contributed by atoms with Gasteiger partial charge in [-0.2, -0.15) is 0 Å². The van der Waals surface area contributed by atoms with Gasteiger partial charge in [0.2, 0.25) is 0 Å². The van der Waals surface area contributed by atoms with Gasteiger partial charge < -0.3 is 10.1 Å². The minimum Gasteiger partial charge on any atom is -0.493 e. The number of hydrogen-bond donors (Lipinski definition) is 1. The van der Waals surface area contributed by atoms with Crippen LogP contribution in [0.1, 0.15) is 29.7 Å². The molecule has 2 rings (SSSR count). The fourth-order valence-electron chi connectivity index (χ4n) is 2.10. The summed E-state index contributed by atoms with van der Waals surface area (Å²) >= 11 is 0. The van der Waals surface area contributed by atoms with E-state index in [1.165, 1.54) is 16.7 Å². The van der Waals surface area contributed by atoms with Crippen molar-refractivity contribution in [2.24, 2.45) is 0 Å². The smallest absolute Gasteiger partial charge is 0.122 e. The topological polar surface area (TPSA) is 34.1 Å². The molecule has 0 spiro atoms. The van der Waals surface area contributed by atoms with E-state index in [2.05, 4.69) is 48.4 Å². The number of hydrogen-bond acceptors (Lipinski definition) is 3. The number of pyridine rings is 1. The van der Waals surface area contributed by atoms with Crippen LogP contribution in [0, 0.1) is 6.92 Å². The van der Waals surface area contributed by atoms with E-state index in [0.29, 0.717) is 12.6 Å². The monoisotopic (exact) mass is 270 g/mol. The van der Waals surface area contributed by atoms with Crippen LogP contribution in [0.4, 0.5) is 0 Å². The molecule has 0 amide bonds. The molecule has 1 heterocycles. The first-order valence-corrected chi connectivity index (χ1v) is 7.00. The van der Waals surface area contributed by atoms with Gasteiger partial charge in [0.15, 0.2) is 0 Å². The van der Waals surface area contributed by atoms with Crippen LogP contribution in [-0.2, 0) is 6.42 Å². The highest BCUT2D eigenvalue weighted by atomic mass is 16.5. The summed E-state index contributed by atoms with van der Waals surface area (Å²) in [6.45, 7) is 4.91. The Morgan fingerprint density at radius 1 is 1.30 bits per heavy atom. The van der Waals surface area contributed by atoms with Crippen LogP contribution in [0.3, 0.4) is 0 Å². The largest absolute Gasteiger partial charge is 0.493 e. The predicted molar refractivity (Wildman–Crippen MR) is 82.1 cm³/mol. The maximum absolute atomic E-state index is 5.86.